The standard InChI is InChI=1S/C39H42NO6/c1-4-29-18-28(19-30-7-5-6-8-33(29)30)20-32(16-26-10-12-35(42)39(22-26)46-3)37(44)23-36(43)31(17-27-13-14-40-24-27)15-25-9-11-34(41)38(21-25)45-2/h5-14,18-19,21-22,24,31-32,36,41-43H,4,15-17,20,23H2,1-3H3/q-1. The minimum absolute atomic E-state index is 0.0118. The van der Waals surface area contributed by atoms with Crippen LogP contribution in [0.2, 0.25) is 0 Å². The van der Waals surface area contributed by atoms with E-state index >= 15 is 0 Å². The topological polar surface area (TPSA) is 110 Å². The molecular formula is C39H42NO6-. The van der Waals surface area contributed by atoms with Gasteiger partial charge in [0.1, 0.15) is 5.78 Å². The Labute approximate surface area is 270 Å². The average molecular weight is 621 g/mol. The van der Waals surface area contributed by atoms with Gasteiger partial charge in [-0.25, -0.2) is 0 Å². The van der Waals surface area contributed by atoms with Gasteiger partial charge in [0.05, 0.1) is 20.3 Å². The second-order valence-corrected chi connectivity index (χ2v) is 12.0. The summed E-state index contributed by atoms with van der Waals surface area (Å²) in [6, 6.07) is 24.9. The van der Waals surface area contributed by atoms with Crippen LogP contribution < -0.4 is 14.5 Å². The summed E-state index contributed by atoms with van der Waals surface area (Å²) in [6.45, 7) is 2.14. The number of Topliss-reactive ketones (excluding diaryl/α,β-unsaturated/α-hetero) is 1. The molecule has 0 radical (unpaired) electrons. The molecule has 0 fully saturated rings. The molecule has 0 amide bonds. The van der Waals surface area contributed by atoms with Crippen molar-refractivity contribution in [3.05, 3.63) is 119 Å². The Morgan fingerprint density at radius 1 is 0.761 bits per heavy atom. The van der Waals surface area contributed by atoms with Crippen LogP contribution in [0.25, 0.3) is 10.8 Å². The Balaban J connectivity index is 1.43. The zero-order valence-electron chi connectivity index (χ0n) is 26.6. The normalized spacial score (nSPS) is 13.3. The van der Waals surface area contributed by atoms with Gasteiger partial charge < -0.3 is 29.8 Å². The van der Waals surface area contributed by atoms with E-state index in [2.05, 4.69) is 36.2 Å². The first-order valence-corrected chi connectivity index (χ1v) is 15.8. The lowest BCUT2D eigenvalue weighted by atomic mass is 9.81. The van der Waals surface area contributed by atoms with Crippen LogP contribution in [0.15, 0.2) is 91.3 Å². The summed E-state index contributed by atoms with van der Waals surface area (Å²) in [4.78, 5) is 18.4. The maximum atomic E-state index is 14.2. The first kappa shape index (κ1) is 32.6. The van der Waals surface area contributed by atoms with Gasteiger partial charge in [-0.05, 0) is 95.3 Å². The zero-order valence-corrected chi connectivity index (χ0v) is 26.6. The lowest BCUT2D eigenvalue weighted by Crippen LogP contribution is -2.31. The molecule has 0 bridgehead atoms. The van der Waals surface area contributed by atoms with E-state index in [1.807, 2.05) is 30.3 Å². The Morgan fingerprint density at radius 3 is 2.02 bits per heavy atom. The third kappa shape index (κ3) is 7.90. The summed E-state index contributed by atoms with van der Waals surface area (Å²) in [5, 5.41) is 34.3. The molecule has 0 saturated carbocycles. The van der Waals surface area contributed by atoms with Gasteiger partial charge in [0.15, 0.2) is 23.0 Å². The summed E-state index contributed by atoms with van der Waals surface area (Å²) in [7, 11) is 3.01. The van der Waals surface area contributed by atoms with Crippen molar-refractivity contribution in [2.24, 2.45) is 11.8 Å². The molecular weight excluding hydrogens is 578 g/mol. The SMILES string of the molecule is CCc1cc(CC(Cc2ccc(O)c(OC)c2)C(=O)CC(O)C(Cc2cc[n-]c2)Cc2ccc(O)c(OC)c2)cc2ccccc12. The van der Waals surface area contributed by atoms with Crippen LogP contribution >= 0.6 is 0 Å². The number of carbonyl (C=O) groups is 1. The van der Waals surface area contributed by atoms with Gasteiger partial charge >= 0.3 is 0 Å². The number of nitrogens with zero attached hydrogens (tertiary/aromatic N) is 1. The molecule has 0 spiro atoms. The first-order valence-electron chi connectivity index (χ1n) is 15.8. The highest BCUT2D eigenvalue weighted by Crippen LogP contribution is 2.32. The number of ketones is 1. The van der Waals surface area contributed by atoms with Gasteiger partial charge in [-0.1, -0.05) is 67.1 Å². The lowest BCUT2D eigenvalue weighted by Gasteiger charge is -2.25. The summed E-state index contributed by atoms with van der Waals surface area (Å²) in [5.41, 5.74) is 5.05. The van der Waals surface area contributed by atoms with Crippen LogP contribution in [-0.4, -0.2) is 41.4 Å². The molecule has 0 aliphatic heterocycles. The highest BCUT2D eigenvalue weighted by atomic mass is 16.5. The number of phenolic OH excluding ortho intramolecular Hbond substituents is 2. The van der Waals surface area contributed by atoms with Crippen molar-refractivity contribution in [2.75, 3.05) is 14.2 Å². The molecule has 0 aliphatic rings. The van der Waals surface area contributed by atoms with Gasteiger partial charge in [0.25, 0.3) is 0 Å². The lowest BCUT2D eigenvalue weighted by molar-refractivity contribution is -0.125. The van der Waals surface area contributed by atoms with E-state index in [1.54, 1.807) is 36.7 Å². The number of rotatable bonds is 15. The highest BCUT2D eigenvalue weighted by Gasteiger charge is 2.28. The molecule has 4 aromatic carbocycles. The number of phenols is 2. The predicted molar refractivity (Wildman–Crippen MR) is 180 cm³/mol. The number of aliphatic hydroxyl groups excluding tert-OH is 1. The highest BCUT2D eigenvalue weighted by molar-refractivity contribution is 5.87. The summed E-state index contributed by atoms with van der Waals surface area (Å²) in [6.07, 6.45) is 5.44. The number of benzene rings is 4. The van der Waals surface area contributed by atoms with Crippen molar-refractivity contribution in [1.29, 1.82) is 0 Å². The number of carbonyl (C=O) groups excluding carboxylic acids is 1. The Morgan fingerprint density at radius 2 is 1.39 bits per heavy atom. The van der Waals surface area contributed by atoms with Crippen molar-refractivity contribution in [3.8, 4) is 23.0 Å². The Kier molecular flexibility index (Phi) is 10.7. The Bertz CT molecular complexity index is 1760. The fraction of sp³-hybridized carbons (Fsp3) is 0.308. The van der Waals surface area contributed by atoms with Crippen LogP contribution in [0, 0.1) is 11.8 Å². The fourth-order valence-corrected chi connectivity index (χ4v) is 6.37. The third-order valence-electron chi connectivity index (χ3n) is 8.86. The predicted octanol–water partition coefficient (Wildman–Crippen LogP) is 6.61. The molecule has 3 N–H and O–H groups in total. The zero-order chi connectivity index (χ0) is 32.6. The maximum absolute atomic E-state index is 14.2. The van der Waals surface area contributed by atoms with Crippen molar-refractivity contribution in [2.45, 2.75) is 51.6 Å². The van der Waals surface area contributed by atoms with Crippen molar-refractivity contribution < 1.29 is 29.6 Å². The summed E-state index contributed by atoms with van der Waals surface area (Å²) < 4.78 is 10.7. The molecule has 0 aliphatic carbocycles. The minimum Gasteiger partial charge on any atom is -0.670 e. The maximum Gasteiger partial charge on any atom is 0.160 e. The smallest absolute Gasteiger partial charge is 0.160 e. The van der Waals surface area contributed by atoms with Gasteiger partial charge in [-0.15, -0.1) is 0 Å². The fourth-order valence-electron chi connectivity index (χ4n) is 6.37. The van der Waals surface area contributed by atoms with E-state index in [1.165, 1.54) is 25.2 Å². The monoisotopic (exact) mass is 620 g/mol. The second kappa shape index (κ2) is 15.0. The minimum atomic E-state index is -0.915. The number of aromatic nitrogens is 1. The molecule has 1 aromatic heterocycles. The first-order chi connectivity index (χ1) is 22.3. The van der Waals surface area contributed by atoms with Crippen LogP contribution in [-0.2, 0) is 36.9 Å². The Hall–Kier alpha value is -4.75. The summed E-state index contributed by atoms with van der Waals surface area (Å²) in [5.74, 6) is 0.0989. The van der Waals surface area contributed by atoms with Gasteiger partial charge in [0, 0.05) is 12.3 Å². The molecule has 3 atom stereocenters. The van der Waals surface area contributed by atoms with Crippen molar-refractivity contribution in [3.63, 3.8) is 0 Å². The number of aromatic hydroxyl groups is 2. The molecule has 5 aromatic rings. The molecule has 1 heterocycles. The molecule has 240 valence electrons. The van der Waals surface area contributed by atoms with Crippen LogP contribution in [0.4, 0.5) is 0 Å². The van der Waals surface area contributed by atoms with Gasteiger partial charge in [0.2, 0.25) is 0 Å². The van der Waals surface area contributed by atoms with E-state index in [0.717, 1.165) is 34.1 Å². The number of hydrogen-bond acceptors (Lipinski definition) is 6. The molecule has 0 saturated heterocycles. The van der Waals surface area contributed by atoms with E-state index in [4.69, 9.17) is 9.47 Å². The van der Waals surface area contributed by atoms with Crippen LogP contribution in [0.1, 0.15) is 41.2 Å². The van der Waals surface area contributed by atoms with E-state index < -0.39 is 12.0 Å². The van der Waals surface area contributed by atoms with E-state index in [9.17, 15) is 20.1 Å². The number of ether oxygens (including phenoxy) is 2. The number of aryl methyl sites for hydroxylation is 1. The number of fused-ring (bicyclic) bond motifs is 1. The van der Waals surface area contributed by atoms with Crippen molar-refractivity contribution >= 4 is 16.6 Å². The van der Waals surface area contributed by atoms with Gasteiger partial charge in [-0.2, -0.15) is 12.4 Å². The summed E-state index contributed by atoms with van der Waals surface area (Å²) >= 11 is 0. The molecule has 3 unspecified atom stereocenters. The van der Waals surface area contributed by atoms with Crippen LogP contribution in [0.5, 0.6) is 23.0 Å². The van der Waals surface area contributed by atoms with E-state index in [-0.39, 0.29) is 29.6 Å². The number of hydrogen-bond donors (Lipinski definition) is 3. The average Bonchev–Trinajstić information content (AvgIpc) is 3.58. The quantitative estimate of drug-likeness (QED) is 0.121. The van der Waals surface area contributed by atoms with Crippen molar-refractivity contribution in [1.82, 2.24) is 4.98 Å². The molecule has 7 heteroatoms. The third-order valence-corrected chi connectivity index (χ3v) is 8.86. The molecule has 5 rings (SSSR count). The van der Waals surface area contributed by atoms with E-state index in [0.29, 0.717) is 37.2 Å². The molecule has 46 heavy (non-hydrogen) atoms. The number of methoxy groups -OCH3 is 2. The second-order valence-electron chi connectivity index (χ2n) is 12.0. The van der Waals surface area contributed by atoms with Crippen LogP contribution in [0.3, 0.4) is 0 Å². The molecule has 7 nitrogen and oxygen atoms in total. The van der Waals surface area contributed by atoms with Gasteiger partial charge in [-0.3, -0.25) is 4.79 Å². The largest absolute Gasteiger partial charge is 0.670 e. The number of aliphatic hydroxyl groups is 1.